The van der Waals surface area contributed by atoms with E-state index >= 15 is 0 Å². The zero-order chi connectivity index (χ0) is 14.7. The van der Waals surface area contributed by atoms with Gasteiger partial charge in [0.2, 0.25) is 0 Å². The molecular formula is C13H18N4O3. The predicted molar refractivity (Wildman–Crippen MR) is 75.2 cm³/mol. The maximum Gasteiger partial charge on any atom is 0.293 e. The van der Waals surface area contributed by atoms with Gasteiger partial charge in [0.15, 0.2) is 0 Å². The number of benzene rings is 1. The number of carbonyl (C=O) groups is 1. The number of rotatable bonds is 6. The van der Waals surface area contributed by atoms with Gasteiger partial charge in [0.05, 0.1) is 4.92 Å². The van der Waals surface area contributed by atoms with Crippen LogP contribution in [0.2, 0.25) is 0 Å². The van der Waals surface area contributed by atoms with E-state index in [-0.39, 0.29) is 17.3 Å². The van der Waals surface area contributed by atoms with E-state index in [0.717, 1.165) is 6.54 Å². The Hall–Kier alpha value is -2.15. The molecule has 7 heteroatoms. The van der Waals surface area contributed by atoms with Crippen LogP contribution >= 0.6 is 0 Å². The van der Waals surface area contributed by atoms with Crippen LogP contribution in [-0.4, -0.2) is 28.8 Å². The molecule has 3 N–H and O–H groups in total. The van der Waals surface area contributed by atoms with Crippen molar-refractivity contribution in [3.05, 3.63) is 33.9 Å². The molecule has 20 heavy (non-hydrogen) atoms. The average Bonchev–Trinajstić information content (AvgIpc) is 3.27. The van der Waals surface area contributed by atoms with Crippen molar-refractivity contribution in [2.45, 2.75) is 19.8 Å². The van der Waals surface area contributed by atoms with Gasteiger partial charge in [-0.2, -0.15) is 0 Å². The smallest absolute Gasteiger partial charge is 0.293 e. The first-order valence-corrected chi connectivity index (χ1v) is 6.61. The molecule has 1 amide bonds. The summed E-state index contributed by atoms with van der Waals surface area (Å²) in [5.74, 6) is 5.76. The Bertz CT molecular complexity index is 528. The lowest BCUT2D eigenvalue weighted by Crippen LogP contribution is -2.32. The van der Waals surface area contributed by atoms with E-state index in [1.807, 2.05) is 6.92 Å². The highest BCUT2D eigenvalue weighted by Crippen LogP contribution is 2.30. The van der Waals surface area contributed by atoms with Crippen LogP contribution in [0.15, 0.2) is 18.2 Å². The summed E-state index contributed by atoms with van der Waals surface area (Å²) in [5.41, 5.74) is 2.68. The topological polar surface area (TPSA) is 102 Å². The number of anilines is 1. The molecule has 0 heterocycles. The summed E-state index contributed by atoms with van der Waals surface area (Å²) < 4.78 is 0. The molecule has 1 fully saturated rings. The quantitative estimate of drug-likeness (QED) is 0.469. The van der Waals surface area contributed by atoms with Crippen molar-refractivity contribution in [2.24, 2.45) is 11.8 Å². The monoisotopic (exact) mass is 278 g/mol. The molecule has 0 aromatic heterocycles. The minimum atomic E-state index is -0.536. The number of nitro benzene ring substituents is 1. The normalized spacial score (nSPS) is 13.9. The molecule has 0 saturated heterocycles. The Morgan fingerprint density at radius 1 is 1.55 bits per heavy atom. The number of carbonyl (C=O) groups excluding carboxylic acids is 1. The van der Waals surface area contributed by atoms with Crippen LogP contribution in [0.4, 0.5) is 11.4 Å². The van der Waals surface area contributed by atoms with Gasteiger partial charge in [-0.05, 0) is 37.8 Å². The maximum atomic E-state index is 12.4. The summed E-state index contributed by atoms with van der Waals surface area (Å²) in [4.78, 5) is 24.4. The van der Waals surface area contributed by atoms with Crippen LogP contribution in [0.1, 0.15) is 30.1 Å². The van der Waals surface area contributed by atoms with Gasteiger partial charge in [0.25, 0.3) is 11.6 Å². The van der Waals surface area contributed by atoms with E-state index in [1.54, 1.807) is 4.90 Å². The highest BCUT2D eigenvalue weighted by atomic mass is 16.6. The van der Waals surface area contributed by atoms with E-state index in [1.165, 1.54) is 31.0 Å². The van der Waals surface area contributed by atoms with E-state index in [9.17, 15) is 14.9 Å². The number of hydrogen-bond acceptors (Lipinski definition) is 5. The fourth-order valence-corrected chi connectivity index (χ4v) is 2.09. The van der Waals surface area contributed by atoms with Gasteiger partial charge in [0.1, 0.15) is 5.69 Å². The van der Waals surface area contributed by atoms with Gasteiger partial charge in [-0.1, -0.05) is 0 Å². The van der Waals surface area contributed by atoms with Crippen molar-refractivity contribution in [1.82, 2.24) is 4.90 Å². The molecule has 1 aromatic carbocycles. The second-order valence-corrected chi connectivity index (χ2v) is 4.92. The lowest BCUT2D eigenvalue weighted by atomic mass is 10.1. The number of amides is 1. The van der Waals surface area contributed by atoms with Crippen LogP contribution in [-0.2, 0) is 0 Å². The fraction of sp³-hybridized carbons (Fsp3) is 0.462. The van der Waals surface area contributed by atoms with Crippen LogP contribution in [0, 0.1) is 16.0 Å². The van der Waals surface area contributed by atoms with Crippen molar-refractivity contribution >= 4 is 17.3 Å². The van der Waals surface area contributed by atoms with Crippen LogP contribution < -0.4 is 11.3 Å². The van der Waals surface area contributed by atoms with Crippen molar-refractivity contribution in [3.8, 4) is 0 Å². The number of nitrogens with zero attached hydrogens (tertiary/aromatic N) is 2. The van der Waals surface area contributed by atoms with Crippen LogP contribution in [0.5, 0.6) is 0 Å². The molecule has 1 aliphatic carbocycles. The van der Waals surface area contributed by atoms with Gasteiger partial charge in [-0.3, -0.25) is 20.8 Å². The highest BCUT2D eigenvalue weighted by Gasteiger charge is 2.27. The first-order chi connectivity index (χ1) is 9.56. The molecule has 108 valence electrons. The molecule has 1 aliphatic rings. The van der Waals surface area contributed by atoms with Gasteiger partial charge < -0.3 is 10.3 Å². The highest BCUT2D eigenvalue weighted by molar-refractivity contribution is 5.96. The molecule has 0 atom stereocenters. The predicted octanol–water partition coefficient (Wildman–Crippen LogP) is 1.75. The second-order valence-electron chi connectivity index (χ2n) is 4.92. The van der Waals surface area contributed by atoms with Crippen molar-refractivity contribution < 1.29 is 9.72 Å². The zero-order valence-corrected chi connectivity index (χ0v) is 11.3. The standard InChI is InChI=1S/C13H18N4O3/c1-2-16(8-9-3-4-9)13(18)10-5-6-12(17(19)20)11(7-10)15-14/h5-7,9,15H,2-4,8,14H2,1H3. The Balaban J connectivity index is 2.22. The largest absolute Gasteiger partial charge is 0.339 e. The van der Waals surface area contributed by atoms with Gasteiger partial charge in [-0.15, -0.1) is 0 Å². The van der Waals surface area contributed by atoms with Crippen molar-refractivity contribution in [3.63, 3.8) is 0 Å². The summed E-state index contributed by atoms with van der Waals surface area (Å²) >= 11 is 0. The summed E-state index contributed by atoms with van der Waals surface area (Å²) in [6.45, 7) is 3.29. The van der Waals surface area contributed by atoms with Crippen LogP contribution in [0.25, 0.3) is 0 Å². The average molecular weight is 278 g/mol. The Kier molecular flexibility index (Phi) is 4.19. The molecule has 0 aliphatic heterocycles. The summed E-state index contributed by atoms with van der Waals surface area (Å²) in [6, 6.07) is 4.19. The zero-order valence-electron chi connectivity index (χ0n) is 11.3. The van der Waals surface area contributed by atoms with Gasteiger partial charge >= 0.3 is 0 Å². The third-order valence-corrected chi connectivity index (χ3v) is 3.44. The van der Waals surface area contributed by atoms with Crippen molar-refractivity contribution in [2.75, 3.05) is 18.5 Å². The van der Waals surface area contributed by atoms with E-state index in [0.29, 0.717) is 18.0 Å². The third-order valence-electron chi connectivity index (χ3n) is 3.44. The molecule has 7 nitrogen and oxygen atoms in total. The van der Waals surface area contributed by atoms with E-state index in [2.05, 4.69) is 5.43 Å². The molecule has 0 unspecified atom stereocenters. The molecule has 0 radical (unpaired) electrons. The summed E-state index contributed by atoms with van der Waals surface area (Å²) in [5, 5.41) is 10.8. The number of nitrogens with one attached hydrogen (secondary N) is 1. The minimum absolute atomic E-state index is 0.120. The van der Waals surface area contributed by atoms with E-state index < -0.39 is 4.92 Å². The molecule has 1 aromatic rings. The maximum absolute atomic E-state index is 12.4. The van der Waals surface area contributed by atoms with Crippen molar-refractivity contribution in [1.29, 1.82) is 0 Å². The lowest BCUT2D eigenvalue weighted by Gasteiger charge is -2.21. The third kappa shape index (κ3) is 3.05. The number of hydrogen-bond donors (Lipinski definition) is 2. The number of hydrazine groups is 1. The molecule has 2 rings (SSSR count). The Morgan fingerprint density at radius 3 is 2.75 bits per heavy atom. The van der Waals surface area contributed by atoms with Crippen LogP contribution in [0.3, 0.4) is 0 Å². The van der Waals surface area contributed by atoms with Gasteiger partial charge in [-0.25, -0.2) is 0 Å². The first kappa shape index (κ1) is 14.3. The molecule has 0 spiro atoms. The summed E-state index contributed by atoms with van der Waals surface area (Å²) in [6.07, 6.45) is 2.33. The lowest BCUT2D eigenvalue weighted by molar-refractivity contribution is -0.384. The molecule has 0 bridgehead atoms. The first-order valence-electron chi connectivity index (χ1n) is 6.61. The fourth-order valence-electron chi connectivity index (χ4n) is 2.09. The number of nitrogen functional groups attached to an aromatic ring is 1. The minimum Gasteiger partial charge on any atom is -0.339 e. The number of nitro groups is 1. The second kappa shape index (κ2) is 5.87. The number of nitrogens with two attached hydrogens (primary N) is 1. The summed E-state index contributed by atoms with van der Waals surface area (Å²) in [7, 11) is 0. The molecular weight excluding hydrogens is 260 g/mol. The SMILES string of the molecule is CCN(CC1CC1)C(=O)c1ccc([N+](=O)[O-])c(NN)c1. The Morgan fingerprint density at radius 2 is 2.25 bits per heavy atom. The molecule has 1 saturated carbocycles. The Labute approximate surface area is 116 Å². The van der Waals surface area contributed by atoms with E-state index in [4.69, 9.17) is 5.84 Å². The van der Waals surface area contributed by atoms with Gasteiger partial charge in [0, 0.05) is 24.7 Å².